The molecule has 3 aromatic rings. The lowest BCUT2D eigenvalue weighted by Gasteiger charge is -2.38. The van der Waals surface area contributed by atoms with Crippen LogP contribution in [0.25, 0.3) is 10.9 Å². The first-order valence-electron chi connectivity index (χ1n) is 10.5. The van der Waals surface area contributed by atoms with Gasteiger partial charge in [0.05, 0.1) is 0 Å². The Morgan fingerprint density at radius 3 is 2.77 bits per heavy atom. The predicted molar refractivity (Wildman–Crippen MR) is 125 cm³/mol. The SMILES string of the molecule is CN=C(NCCc1c[nH]c2ccccc12)NCC1(c2cccc(Cl)c2)CCOCC1. The summed E-state index contributed by atoms with van der Waals surface area (Å²) in [6.45, 7) is 3.14. The van der Waals surface area contributed by atoms with E-state index in [1.165, 1.54) is 22.0 Å². The molecule has 0 saturated carbocycles. The van der Waals surface area contributed by atoms with E-state index in [0.717, 1.165) is 56.5 Å². The molecule has 2 heterocycles. The van der Waals surface area contributed by atoms with E-state index < -0.39 is 0 Å². The van der Waals surface area contributed by atoms with Crippen LogP contribution >= 0.6 is 11.6 Å². The Morgan fingerprint density at radius 1 is 1.13 bits per heavy atom. The lowest BCUT2D eigenvalue weighted by atomic mass is 9.74. The van der Waals surface area contributed by atoms with Crippen molar-refractivity contribution in [2.24, 2.45) is 4.99 Å². The van der Waals surface area contributed by atoms with Gasteiger partial charge in [0, 0.05) is 60.9 Å². The third kappa shape index (κ3) is 4.63. The minimum absolute atomic E-state index is 0.00237. The zero-order valence-electron chi connectivity index (χ0n) is 17.4. The number of hydrogen-bond donors (Lipinski definition) is 3. The van der Waals surface area contributed by atoms with Crippen molar-refractivity contribution >= 4 is 28.5 Å². The molecule has 2 aromatic carbocycles. The molecular weight excluding hydrogens is 396 g/mol. The van der Waals surface area contributed by atoms with Crippen LogP contribution in [0.15, 0.2) is 59.7 Å². The summed E-state index contributed by atoms with van der Waals surface area (Å²) in [5.74, 6) is 0.822. The number of para-hydroxylation sites is 1. The number of aromatic nitrogens is 1. The zero-order valence-corrected chi connectivity index (χ0v) is 18.1. The molecule has 6 heteroatoms. The Morgan fingerprint density at radius 2 is 1.97 bits per heavy atom. The van der Waals surface area contributed by atoms with Gasteiger partial charge in [-0.05, 0) is 48.6 Å². The van der Waals surface area contributed by atoms with Gasteiger partial charge in [-0.25, -0.2) is 0 Å². The van der Waals surface area contributed by atoms with Crippen LogP contribution in [0.3, 0.4) is 0 Å². The largest absolute Gasteiger partial charge is 0.381 e. The summed E-state index contributed by atoms with van der Waals surface area (Å²) in [5, 5.41) is 9.07. The van der Waals surface area contributed by atoms with Gasteiger partial charge in [-0.1, -0.05) is 41.9 Å². The highest BCUT2D eigenvalue weighted by atomic mass is 35.5. The normalized spacial score (nSPS) is 16.5. The molecule has 3 N–H and O–H groups in total. The van der Waals surface area contributed by atoms with Crippen LogP contribution in [-0.2, 0) is 16.6 Å². The van der Waals surface area contributed by atoms with Crippen molar-refractivity contribution in [3.63, 3.8) is 0 Å². The van der Waals surface area contributed by atoms with Gasteiger partial charge in [-0.3, -0.25) is 4.99 Å². The highest BCUT2D eigenvalue weighted by Crippen LogP contribution is 2.35. The zero-order chi connectivity index (χ0) is 20.8. The van der Waals surface area contributed by atoms with E-state index >= 15 is 0 Å². The molecule has 4 rings (SSSR count). The van der Waals surface area contributed by atoms with E-state index in [2.05, 4.69) is 63.2 Å². The average molecular weight is 425 g/mol. The maximum Gasteiger partial charge on any atom is 0.191 e. The summed E-state index contributed by atoms with van der Waals surface area (Å²) >= 11 is 6.28. The molecule has 158 valence electrons. The highest BCUT2D eigenvalue weighted by Gasteiger charge is 2.34. The third-order valence-electron chi connectivity index (χ3n) is 6.07. The number of nitrogens with zero attached hydrogens (tertiary/aromatic N) is 1. The maximum atomic E-state index is 6.28. The molecule has 5 nitrogen and oxygen atoms in total. The van der Waals surface area contributed by atoms with Crippen molar-refractivity contribution in [2.45, 2.75) is 24.7 Å². The molecule has 30 heavy (non-hydrogen) atoms. The predicted octanol–water partition coefficient (Wildman–Crippen LogP) is 4.28. The van der Waals surface area contributed by atoms with Crippen LogP contribution in [0.2, 0.25) is 5.02 Å². The minimum Gasteiger partial charge on any atom is -0.381 e. The first kappa shape index (κ1) is 20.8. The molecule has 1 saturated heterocycles. The molecule has 1 aliphatic heterocycles. The first-order chi connectivity index (χ1) is 14.7. The van der Waals surface area contributed by atoms with Gasteiger partial charge in [0.25, 0.3) is 0 Å². The number of benzene rings is 2. The van der Waals surface area contributed by atoms with Crippen LogP contribution < -0.4 is 10.6 Å². The second-order valence-corrected chi connectivity index (χ2v) is 8.30. The summed E-state index contributed by atoms with van der Waals surface area (Å²) in [7, 11) is 1.82. The second kappa shape index (κ2) is 9.54. The summed E-state index contributed by atoms with van der Waals surface area (Å²) < 4.78 is 5.64. The summed E-state index contributed by atoms with van der Waals surface area (Å²) in [6, 6.07) is 16.6. The standard InChI is InChI=1S/C24H29ClN4O/c1-26-23(27-12-9-18-16-28-22-8-3-2-7-21(18)22)29-17-24(10-13-30-14-11-24)19-5-4-6-20(25)15-19/h2-8,15-16,28H,9-14,17H2,1H3,(H2,26,27,29). The molecule has 0 radical (unpaired) electrons. The number of H-pyrrole nitrogens is 1. The number of hydrogen-bond acceptors (Lipinski definition) is 2. The van der Waals surface area contributed by atoms with Crippen LogP contribution in [0.4, 0.5) is 0 Å². The fourth-order valence-electron chi connectivity index (χ4n) is 4.28. The van der Waals surface area contributed by atoms with Crippen molar-refractivity contribution in [1.82, 2.24) is 15.6 Å². The molecule has 0 unspecified atom stereocenters. The van der Waals surface area contributed by atoms with Gasteiger partial charge < -0.3 is 20.4 Å². The summed E-state index contributed by atoms with van der Waals surface area (Å²) in [4.78, 5) is 7.77. The summed E-state index contributed by atoms with van der Waals surface area (Å²) in [5.41, 5.74) is 3.75. The highest BCUT2D eigenvalue weighted by molar-refractivity contribution is 6.30. The van der Waals surface area contributed by atoms with Gasteiger partial charge in [-0.15, -0.1) is 0 Å². The Hall–Kier alpha value is -2.50. The third-order valence-corrected chi connectivity index (χ3v) is 6.30. The Bertz CT molecular complexity index is 1010. The van der Waals surface area contributed by atoms with Crippen molar-refractivity contribution in [1.29, 1.82) is 0 Å². The lowest BCUT2D eigenvalue weighted by Crippen LogP contribution is -2.48. The second-order valence-electron chi connectivity index (χ2n) is 7.87. The smallest absolute Gasteiger partial charge is 0.191 e. The number of nitrogens with one attached hydrogen (secondary N) is 3. The van der Waals surface area contributed by atoms with Gasteiger partial charge >= 0.3 is 0 Å². The Balaban J connectivity index is 1.37. The van der Waals surface area contributed by atoms with Gasteiger partial charge in [0.1, 0.15) is 0 Å². The molecule has 0 atom stereocenters. The number of fused-ring (bicyclic) bond motifs is 1. The molecule has 1 aliphatic rings. The molecular formula is C24H29ClN4O. The van der Waals surface area contributed by atoms with E-state index in [9.17, 15) is 0 Å². The van der Waals surface area contributed by atoms with Crippen molar-refractivity contribution in [2.75, 3.05) is 33.4 Å². The fraction of sp³-hybridized carbons (Fsp3) is 0.375. The molecule has 0 amide bonds. The van der Waals surface area contributed by atoms with E-state index in [1.54, 1.807) is 0 Å². The van der Waals surface area contributed by atoms with E-state index in [4.69, 9.17) is 16.3 Å². The molecule has 0 aliphatic carbocycles. The quantitative estimate of drug-likeness (QED) is 0.409. The maximum absolute atomic E-state index is 6.28. The van der Waals surface area contributed by atoms with Crippen LogP contribution in [-0.4, -0.2) is 44.3 Å². The van der Waals surface area contributed by atoms with E-state index in [-0.39, 0.29) is 5.41 Å². The molecule has 1 aromatic heterocycles. The molecule has 0 spiro atoms. The van der Waals surface area contributed by atoms with Crippen molar-refractivity contribution in [3.8, 4) is 0 Å². The first-order valence-corrected chi connectivity index (χ1v) is 10.9. The van der Waals surface area contributed by atoms with Gasteiger partial charge in [-0.2, -0.15) is 0 Å². The number of aliphatic imine (C=N–C) groups is 1. The summed E-state index contributed by atoms with van der Waals surface area (Å²) in [6.07, 6.45) is 4.95. The van der Waals surface area contributed by atoms with Crippen LogP contribution in [0, 0.1) is 0 Å². The van der Waals surface area contributed by atoms with Crippen molar-refractivity contribution in [3.05, 3.63) is 70.9 Å². The lowest BCUT2D eigenvalue weighted by molar-refractivity contribution is 0.0514. The number of guanidine groups is 1. The Labute approximate surface area is 182 Å². The number of aromatic amines is 1. The van der Waals surface area contributed by atoms with Crippen LogP contribution in [0.1, 0.15) is 24.0 Å². The monoisotopic (exact) mass is 424 g/mol. The molecule has 0 bridgehead atoms. The Kier molecular flexibility index (Phi) is 6.60. The average Bonchev–Trinajstić information content (AvgIpc) is 3.20. The van der Waals surface area contributed by atoms with Gasteiger partial charge in [0.15, 0.2) is 5.96 Å². The number of rotatable bonds is 6. The van der Waals surface area contributed by atoms with Gasteiger partial charge in [0.2, 0.25) is 0 Å². The topological polar surface area (TPSA) is 61.4 Å². The number of ether oxygens (including phenoxy) is 1. The fourth-order valence-corrected chi connectivity index (χ4v) is 4.47. The van der Waals surface area contributed by atoms with Crippen molar-refractivity contribution < 1.29 is 4.74 Å². The molecule has 1 fully saturated rings. The number of halogens is 1. The van der Waals surface area contributed by atoms with E-state index in [0.29, 0.717) is 0 Å². The van der Waals surface area contributed by atoms with Crippen LogP contribution in [0.5, 0.6) is 0 Å². The van der Waals surface area contributed by atoms with E-state index in [1.807, 2.05) is 19.2 Å². The minimum atomic E-state index is -0.00237.